The molecule has 1 aromatic heterocycles. The molecule has 1 aliphatic carbocycles. The molecule has 5 nitrogen and oxygen atoms in total. The summed E-state index contributed by atoms with van der Waals surface area (Å²) >= 11 is 0. The Labute approximate surface area is 100 Å². The summed E-state index contributed by atoms with van der Waals surface area (Å²) in [4.78, 5) is 13.1. The number of hydrogen-bond acceptors (Lipinski definition) is 4. The summed E-state index contributed by atoms with van der Waals surface area (Å²) in [5, 5.41) is 16.9. The molecular weight excluding hydrogens is 218 g/mol. The van der Waals surface area contributed by atoms with E-state index in [4.69, 9.17) is 5.11 Å². The summed E-state index contributed by atoms with van der Waals surface area (Å²) in [6, 6.07) is 1.51. The Bertz CT molecular complexity index is 404. The van der Waals surface area contributed by atoms with Gasteiger partial charge in [0.15, 0.2) is 5.82 Å². The van der Waals surface area contributed by atoms with Gasteiger partial charge in [0, 0.05) is 13.1 Å². The van der Waals surface area contributed by atoms with Crippen molar-refractivity contribution in [2.45, 2.75) is 26.2 Å². The van der Waals surface area contributed by atoms with Crippen molar-refractivity contribution in [3.05, 3.63) is 17.8 Å². The predicted molar refractivity (Wildman–Crippen MR) is 64.2 cm³/mol. The summed E-state index contributed by atoms with van der Waals surface area (Å²) < 4.78 is 0. The summed E-state index contributed by atoms with van der Waals surface area (Å²) in [5.41, 5.74) is 0.237. The number of nitrogens with zero attached hydrogens (tertiary/aromatic N) is 3. The SMILES string of the molecule is CCN(CC1CCC1)c1nnccc1C(=O)O. The van der Waals surface area contributed by atoms with Crippen LogP contribution in [0.3, 0.4) is 0 Å². The summed E-state index contributed by atoms with van der Waals surface area (Å²) in [7, 11) is 0. The smallest absolute Gasteiger partial charge is 0.339 e. The van der Waals surface area contributed by atoms with Crippen LogP contribution in [0.1, 0.15) is 36.5 Å². The van der Waals surface area contributed by atoms with E-state index in [0.29, 0.717) is 11.7 Å². The first-order valence-electron chi connectivity index (χ1n) is 6.02. The maximum atomic E-state index is 11.1. The van der Waals surface area contributed by atoms with Crippen LogP contribution in [0.25, 0.3) is 0 Å². The second-order valence-corrected chi connectivity index (χ2v) is 4.41. The van der Waals surface area contributed by atoms with Crippen molar-refractivity contribution in [2.24, 2.45) is 5.92 Å². The molecule has 2 rings (SSSR count). The van der Waals surface area contributed by atoms with Crippen molar-refractivity contribution in [1.82, 2.24) is 10.2 Å². The number of aromatic nitrogens is 2. The Morgan fingerprint density at radius 2 is 2.35 bits per heavy atom. The minimum atomic E-state index is -0.943. The summed E-state index contributed by atoms with van der Waals surface area (Å²) in [6.07, 6.45) is 5.18. The van der Waals surface area contributed by atoms with E-state index in [1.807, 2.05) is 11.8 Å². The van der Waals surface area contributed by atoms with Crippen LogP contribution in [0.5, 0.6) is 0 Å². The molecule has 0 aliphatic heterocycles. The lowest BCUT2D eigenvalue weighted by Gasteiger charge is -2.32. The average molecular weight is 235 g/mol. The van der Waals surface area contributed by atoms with Gasteiger partial charge < -0.3 is 10.0 Å². The van der Waals surface area contributed by atoms with Crippen LogP contribution in [-0.4, -0.2) is 34.4 Å². The minimum absolute atomic E-state index is 0.237. The highest BCUT2D eigenvalue weighted by atomic mass is 16.4. The molecule has 0 unspecified atom stereocenters. The molecule has 0 bridgehead atoms. The molecule has 1 fully saturated rings. The molecular formula is C12H17N3O2. The second-order valence-electron chi connectivity index (χ2n) is 4.41. The van der Waals surface area contributed by atoms with Gasteiger partial charge in [0.1, 0.15) is 5.56 Å². The monoisotopic (exact) mass is 235 g/mol. The van der Waals surface area contributed by atoms with Gasteiger partial charge in [-0.15, -0.1) is 5.10 Å². The first kappa shape index (κ1) is 11.8. The van der Waals surface area contributed by atoms with Crippen LogP contribution in [0.4, 0.5) is 5.82 Å². The highest BCUT2D eigenvalue weighted by Gasteiger charge is 2.23. The molecule has 1 aliphatic rings. The third-order valence-corrected chi connectivity index (χ3v) is 3.32. The molecule has 17 heavy (non-hydrogen) atoms. The van der Waals surface area contributed by atoms with E-state index in [9.17, 15) is 4.79 Å². The van der Waals surface area contributed by atoms with Gasteiger partial charge in [0.2, 0.25) is 0 Å². The highest BCUT2D eigenvalue weighted by Crippen LogP contribution is 2.29. The fourth-order valence-electron chi connectivity index (χ4n) is 2.08. The van der Waals surface area contributed by atoms with Crippen molar-refractivity contribution in [3.63, 3.8) is 0 Å². The quantitative estimate of drug-likeness (QED) is 0.843. The predicted octanol–water partition coefficient (Wildman–Crippen LogP) is 1.80. The number of carboxylic acids is 1. The van der Waals surface area contributed by atoms with Crippen molar-refractivity contribution < 1.29 is 9.90 Å². The molecule has 0 saturated heterocycles. The van der Waals surface area contributed by atoms with Gasteiger partial charge >= 0.3 is 5.97 Å². The molecule has 1 N–H and O–H groups in total. The molecule has 0 radical (unpaired) electrons. The summed E-state index contributed by atoms with van der Waals surface area (Å²) in [5.74, 6) is 0.231. The number of rotatable bonds is 5. The number of anilines is 1. The molecule has 92 valence electrons. The average Bonchev–Trinajstić information content (AvgIpc) is 2.28. The summed E-state index contributed by atoms with van der Waals surface area (Å²) in [6.45, 7) is 3.66. The molecule has 5 heteroatoms. The standard InChI is InChI=1S/C12H17N3O2/c1-2-15(8-9-4-3-5-9)11-10(12(16)17)6-7-13-14-11/h6-7,9H,2-5,8H2,1H3,(H,16,17). The maximum absolute atomic E-state index is 11.1. The van der Waals surface area contributed by atoms with Gasteiger partial charge in [0.25, 0.3) is 0 Å². The third-order valence-electron chi connectivity index (χ3n) is 3.32. The van der Waals surface area contributed by atoms with Crippen LogP contribution in [0, 0.1) is 5.92 Å². The minimum Gasteiger partial charge on any atom is -0.478 e. The van der Waals surface area contributed by atoms with Crippen molar-refractivity contribution >= 4 is 11.8 Å². The zero-order chi connectivity index (χ0) is 12.3. The lowest BCUT2D eigenvalue weighted by atomic mass is 9.85. The van der Waals surface area contributed by atoms with Crippen molar-refractivity contribution in [2.75, 3.05) is 18.0 Å². The van der Waals surface area contributed by atoms with Crippen LogP contribution >= 0.6 is 0 Å². The molecule has 1 aromatic rings. The molecule has 0 amide bonds. The van der Waals surface area contributed by atoms with Gasteiger partial charge in [-0.3, -0.25) is 0 Å². The molecule has 0 aromatic carbocycles. The first-order chi connectivity index (χ1) is 8.22. The lowest BCUT2D eigenvalue weighted by Crippen LogP contribution is -2.34. The first-order valence-corrected chi connectivity index (χ1v) is 6.02. The van der Waals surface area contributed by atoms with E-state index in [2.05, 4.69) is 10.2 Å². The fourth-order valence-corrected chi connectivity index (χ4v) is 2.08. The van der Waals surface area contributed by atoms with Gasteiger partial charge in [-0.1, -0.05) is 6.42 Å². The van der Waals surface area contributed by atoms with Crippen LogP contribution < -0.4 is 4.90 Å². The van der Waals surface area contributed by atoms with Crippen LogP contribution in [-0.2, 0) is 0 Å². The van der Waals surface area contributed by atoms with Crippen LogP contribution in [0.15, 0.2) is 12.3 Å². The second kappa shape index (κ2) is 5.12. The maximum Gasteiger partial charge on any atom is 0.339 e. The zero-order valence-corrected chi connectivity index (χ0v) is 9.96. The zero-order valence-electron chi connectivity index (χ0n) is 9.96. The largest absolute Gasteiger partial charge is 0.478 e. The van der Waals surface area contributed by atoms with Gasteiger partial charge in [-0.2, -0.15) is 5.10 Å². The Hall–Kier alpha value is -1.65. The lowest BCUT2D eigenvalue weighted by molar-refractivity contribution is 0.0697. The van der Waals surface area contributed by atoms with Gasteiger partial charge in [-0.25, -0.2) is 4.79 Å². The topological polar surface area (TPSA) is 66.3 Å². The molecule has 0 spiro atoms. The van der Waals surface area contributed by atoms with E-state index >= 15 is 0 Å². The number of aromatic carboxylic acids is 1. The van der Waals surface area contributed by atoms with E-state index in [0.717, 1.165) is 13.1 Å². The van der Waals surface area contributed by atoms with Crippen molar-refractivity contribution in [1.29, 1.82) is 0 Å². The Balaban J connectivity index is 2.19. The van der Waals surface area contributed by atoms with E-state index in [-0.39, 0.29) is 5.56 Å². The van der Waals surface area contributed by atoms with Crippen LogP contribution in [0.2, 0.25) is 0 Å². The van der Waals surface area contributed by atoms with Crippen molar-refractivity contribution in [3.8, 4) is 0 Å². The third kappa shape index (κ3) is 2.54. The molecule has 1 saturated carbocycles. The van der Waals surface area contributed by atoms with Gasteiger partial charge in [0.05, 0.1) is 6.20 Å². The Morgan fingerprint density at radius 3 is 2.88 bits per heavy atom. The number of carbonyl (C=O) groups is 1. The number of carboxylic acid groups (broad SMARTS) is 1. The van der Waals surface area contributed by atoms with E-state index in [1.165, 1.54) is 31.5 Å². The fraction of sp³-hybridized carbons (Fsp3) is 0.583. The van der Waals surface area contributed by atoms with E-state index < -0.39 is 5.97 Å². The van der Waals surface area contributed by atoms with Gasteiger partial charge in [-0.05, 0) is 31.7 Å². The van der Waals surface area contributed by atoms with E-state index in [1.54, 1.807) is 0 Å². The Kier molecular flexibility index (Phi) is 3.56. The molecule has 1 heterocycles. The highest BCUT2D eigenvalue weighted by molar-refractivity contribution is 5.93. The Morgan fingerprint density at radius 1 is 1.59 bits per heavy atom. The number of hydrogen-bond donors (Lipinski definition) is 1. The molecule has 0 atom stereocenters. The normalized spacial score (nSPS) is 15.4.